The van der Waals surface area contributed by atoms with Crippen molar-refractivity contribution in [2.75, 3.05) is 18.8 Å². The molecule has 1 aromatic carbocycles. The molecule has 1 amide bonds. The number of fused-ring (bicyclic) bond motifs is 1. The Morgan fingerprint density at radius 3 is 2.85 bits per heavy atom. The largest absolute Gasteiger partial charge is 0.547 e. The van der Waals surface area contributed by atoms with Gasteiger partial charge in [0.25, 0.3) is 0 Å². The molecule has 1 aliphatic rings. The number of hydrogen-bond donors (Lipinski definition) is 2. The maximum absolute atomic E-state index is 12.3. The molecule has 146 valence electrons. The van der Waals surface area contributed by atoms with Gasteiger partial charge in [0.1, 0.15) is 11.3 Å². The van der Waals surface area contributed by atoms with E-state index in [4.69, 9.17) is 14.1 Å². The Bertz CT molecular complexity index is 700. The number of esters is 2. The number of thioether (sulfide) groups is 1. The van der Waals surface area contributed by atoms with E-state index in [9.17, 15) is 19.4 Å². The molecule has 0 aliphatic carbocycles. The molecular formula is C17H22BNO7S. The van der Waals surface area contributed by atoms with Crippen molar-refractivity contribution in [3.63, 3.8) is 0 Å². The first-order chi connectivity index (χ1) is 13.0. The van der Waals surface area contributed by atoms with Crippen LogP contribution < -0.4 is 9.97 Å². The van der Waals surface area contributed by atoms with Gasteiger partial charge in [-0.3, -0.25) is 9.59 Å². The van der Waals surface area contributed by atoms with Gasteiger partial charge < -0.3 is 24.5 Å². The van der Waals surface area contributed by atoms with Crippen LogP contribution in [0.1, 0.15) is 35.7 Å². The van der Waals surface area contributed by atoms with E-state index in [0.29, 0.717) is 18.4 Å². The Hall–Kier alpha value is -2.20. The van der Waals surface area contributed by atoms with Crippen LogP contribution in [0.15, 0.2) is 18.2 Å². The van der Waals surface area contributed by atoms with E-state index < -0.39 is 31.8 Å². The van der Waals surface area contributed by atoms with Crippen LogP contribution in [-0.4, -0.2) is 54.7 Å². The van der Waals surface area contributed by atoms with Crippen LogP contribution >= 0.6 is 11.8 Å². The highest BCUT2D eigenvalue weighted by Gasteiger charge is 2.37. The van der Waals surface area contributed by atoms with Gasteiger partial charge in [0, 0.05) is 6.42 Å². The lowest BCUT2D eigenvalue weighted by Gasteiger charge is -2.29. The van der Waals surface area contributed by atoms with Gasteiger partial charge >= 0.3 is 19.1 Å². The molecule has 0 saturated carbocycles. The van der Waals surface area contributed by atoms with Crippen molar-refractivity contribution < 1.29 is 33.5 Å². The maximum atomic E-state index is 12.3. The lowest BCUT2D eigenvalue weighted by atomic mass is 9.72. The molecule has 1 unspecified atom stereocenters. The average Bonchev–Trinajstić information content (AvgIpc) is 2.62. The van der Waals surface area contributed by atoms with Crippen LogP contribution in [0.3, 0.4) is 0 Å². The lowest BCUT2D eigenvalue weighted by molar-refractivity contribution is -0.152. The quantitative estimate of drug-likeness (QED) is 0.380. The Morgan fingerprint density at radius 2 is 2.15 bits per heavy atom. The van der Waals surface area contributed by atoms with Gasteiger partial charge in [-0.05, 0) is 30.7 Å². The third kappa shape index (κ3) is 5.90. The van der Waals surface area contributed by atoms with E-state index in [0.717, 1.165) is 0 Å². The van der Waals surface area contributed by atoms with Gasteiger partial charge in [0.2, 0.25) is 12.7 Å². The molecule has 2 N–H and O–H groups in total. The second-order valence-electron chi connectivity index (χ2n) is 5.93. The molecule has 0 bridgehead atoms. The summed E-state index contributed by atoms with van der Waals surface area (Å²) in [4.78, 5) is 35.3. The van der Waals surface area contributed by atoms with Crippen molar-refractivity contribution >= 4 is 36.7 Å². The van der Waals surface area contributed by atoms with Crippen molar-refractivity contribution in [1.29, 1.82) is 0 Å². The number of ether oxygens (including phenoxy) is 2. The van der Waals surface area contributed by atoms with Crippen molar-refractivity contribution in [2.45, 2.75) is 32.1 Å². The summed E-state index contributed by atoms with van der Waals surface area (Å²) in [5.74, 6) is -1.52. The van der Waals surface area contributed by atoms with Gasteiger partial charge in [0.05, 0.1) is 11.7 Å². The lowest BCUT2D eigenvalue weighted by Crippen LogP contribution is -2.53. The van der Waals surface area contributed by atoms with Crippen LogP contribution in [0.2, 0.25) is 0 Å². The predicted octanol–water partition coefficient (Wildman–Crippen LogP) is 0.947. The van der Waals surface area contributed by atoms with Gasteiger partial charge in [-0.2, -0.15) is 11.8 Å². The molecule has 8 nitrogen and oxygen atoms in total. The Morgan fingerprint density at radius 1 is 1.37 bits per heavy atom. The van der Waals surface area contributed by atoms with Gasteiger partial charge in [-0.15, -0.1) is 0 Å². The van der Waals surface area contributed by atoms with Crippen molar-refractivity contribution in [1.82, 2.24) is 5.32 Å². The van der Waals surface area contributed by atoms with E-state index in [1.165, 1.54) is 17.8 Å². The fourth-order valence-electron chi connectivity index (χ4n) is 2.59. The van der Waals surface area contributed by atoms with Gasteiger partial charge in [-0.25, -0.2) is 4.79 Å². The number of benzene rings is 1. The molecule has 1 atom stereocenters. The normalized spacial score (nSPS) is 15.4. The predicted molar refractivity (Wildman–Crippen MR) is 100 cm³/mol. The number of amides is 1. The fourth-order valence-corrected chi connectivity index (χ4v) is 2.94. The van der Waals surface area contributed by atoms with E-state index in [-0.39, 0.29) is 29.4 Å². The minimum atomic E-state index is -1.29. The molecular weight excluding hydrogens is 373 g/mol. The molecule has 1 aliphatic heterocycles. The Kier molecular flexibility index (Phi) is 7.99. The first-order valence-corrected chi connectivity index (χ1v) is 9.93. The zero-order valence-electron chi connectivity index (χ0n) is 15.2. The molecule has 2 rings (SSSR count). The summed E-state index contributed by atoms with van der Waals surface area (Å²) in [6, 6.07) is 4.89. The SMILES string of the molecule is CCCC(=O)OCOC(=O)c1cccc2c1OB(O)C(NC(=O)CSC)C2. The molecule has 0 radical (unpaired) electrons. The Balaban J connectivity index is 2.03. The minimum absolute atomic E-state index is 0.118. The summed E-state index contributed by atoms with van der Waals surface area (Å²) in [5, 5.41) is 12.9. The molecule has 10 heteroatoms. The summed E-state index contributed by atoms with van der Waals surface area (Å²) in [6.45, 7) is 1.35. The minimum Gasteiger partial charge on any atom is -0.534 e. The Labute approximate surface area is 162 Å². The molecule has 0 fully saturated rings. The van der Waals surface area contributed by atoms with Crippen LogP contribution in [0.4, 0.5) is 0 Å². The van der Waals surface area contributed by atoms with Crippen molar-refractivity contribution in [3.05, 3.63) is 29.3 Å². The third-order valence-corrected chi connectivity index (χ3v) is 4.38. The number of para-hydroxylation sites is 1. The van der Waals surface area contributed by atoms with Crippen molar-refractivity contribution in [3.8, 4) is 5.75 Å². The molecule has 1 heterocycles. The van der Waals surface area contributed by atoms with E-state index in [1.807, 2.05) is 6.92 Å². The number of carbonyl (C=O) groups is 3. The average molecular weight is 395 g/mol. The first kappa shape index (κ1) is 21.1. The highest BCUT2D eigenvalue weighted by Crippen LogP contribution is 2.30. The molecule has 27 heavy (non-hydrogen) atoms. The number of hydrogen-bond acceptors (Lipinski definition) is 8. The highest BCUT2D eigenvalue weighted by molar-refractivity contribution is 7.99. The third-order valence-electron chi connectivity index (χ3n) is 3.82. The van der Waals surface area contributed by atoms with Crippen LogP contribution in [0.25, 0.3) is 0 Å². The summed E-state index contributed by atoms with van der Waals surface area (Å²) < 4.78 is 15.2. The smallest absolute Gasteiger partial charge is 0.534 e. The van der Waals surface area contributed by atoms with Crippen molar-refractivity contribution in [2.24, 2.45) is 0 Å². The van der Waals surface area contributed by atoms with Crippen LogP contribution in [0.5, 0.6) is 5.75 Å². The van der Waals surface area contributed by atoms with Gasteiger partial charge in [0.15, 0.2) is 0 Å². The zero-order valence-corrected chi connectivity index (χ0v) is 16.0. The van der Waals surface area contributed by atoms with Crippen LogP contribution in [-0.2, 0) is 25.5 Å². The van der Waals surface area contributed by atoms with E-state index >= 15 is 0 Å². The summed E-state index contributed by atoms with van der Waals surface area (Å²) in [5.41, 5.74) is 0.777. The standard InChI is InChI=1S/C17H22BNO7S/c1-3-5-15(21)24-10-25-17(22)12-7-4-6-11-8-13(18(23)26-16(11)12)19-14(20)9-27-2/h4,6-7,13,23H,3,5,8-10H2,1-2H3,(H,19,20). The fraction of sp³-hybridized carbons (Fsp3) is 0.471. The summed E-state index contributed by atoms with van der Waals surface area (Å²) in [6.07, 6.45) is 3.00. The molecule has 0 aromatic heterocycles. The molecule has 1 aromatic rings. The first-order valence-electron chi connectivity index (χ1n) is 8.53. The topological polar surface area (TPSA) is 111 Å². The zero-order chi connectivity index (χ0) is 19.8. The summed E-state index contributed by atoms with van der Waals surface area (Å²) in [7, 11) is -1.29. The number of carbonyl (C=O) groups excluding carboxylic acids is 3. The monoisotopic (exact) mass is 395 g/mol. The van der Waals surface area contributed by atoms with E-state index in [1.54, 1.807) is 18.4 Å². The van der Waals surface area contributed by atoms with Crippen LogP contribution in [0, 0.1) is 0 Å². The number of rotatable bonds is 8. The van der Waals surface area contributed by atoms with Gasteiger partial charge in [-0.1, -0.05) is 19.1 Å². The molecule has 0 saturated heterocycles. The second kappa shape index (κ2) is 10.2. The second-order valence-corrected chi connectivity index (χ2v) is 6.80. The molecule has 0 spiro atoms. The summed E-state index contributed by atoms with van der Waals surface area (Å²) >= 11 is 1.37. The highest BCUT2D eigenvalue weighted by atomic mass is 32.2. The van der Waals surface area contributed by atoms with E-state index in [2.05, 4.69) is 5.32 Å². The number of nitrogens with one attached hydrogen (secondary N) is 1. The maximum Gasteiger partial charge on any atom is 0.547 e.